The van der Waals surface area contributed by atoms with Gasteiger partial charge < -0.3 is 9.05 Å². The fraction of sp³-hybridized carbons (Fsp3) is 0.438. The summed E-state index contributed by atoms with van der Waals surface area (Å²) in [4.78, 5) is 11.9. The van der Waals surface area contributed by atoms with E-state index in [2.05, 4.69) is 0 Å². The van der Waals surface area contributed by atoms with Crippen LogP contribution in [-0.2, 0) is 24.6 Å². The van der Waals surface area contributed by atoms with Gasteiger partial charge in [-0.3, -0.25) is 9.36 Å². The number of alkyl halides is 3. The van der Waals surface area contributed by atoms with Gasteiger partial charge in [0.15, 0.2) is 5.78 Å². The number of halogens is 3. The Kier molecular flexibility index (Phi) is 5.09. The predicted molar refractivity (Wildman–Crippen MR) is 83.4 cm³/mol. The molecule has 2 rings (SSSR count). The molecule has 1 saturated heterocycles. The van der Waals surface area contributed by atoms with Crippen LogP contribution in [0.1, 0.15) is 31.9 Å². The van der Waals surface area contributed by atoms with Crippen molar-refractivity contribution in [1.82, 2.24) is 0 Å². The summed E-state index contributed by atoms with van der Waals surface area (Å²) in [6, 6.07) is 4.74. The van der Waals surface area contributed by atoms with Crippen LogP contribution in [0, 0.1) is 5.41 Å². The highest BCUT2D eigenvalue weighted by Crippen LogP contribution is 2.60. The van der Waals surface area contributed by atoms with Crippen molar-refractivity contribution >= 4 is 19.5 Å². The van der Waals surface area contributed by atoms with Crippen LogP contribution in [0.5, 0.6) is 0 Å². The Morgan fingerprint density at radius 1 is 1.21 bits per heavy atom. The van der Waals surface area contributed by atoms with E-state index in [0.717, 1.165) is 19.1 Å². The highest BCUT2D eigenvalue weighted by Gasteiger charge is 2.42. The first-order valence-electron chi connectivity index (χ1n) is 7.23. The largest absolute Gasteiger partial charge is 0.416 e. The molecule has 0 saturated carbocycles. The molecule has 0 aromatic heterocycles. The number of rotatable bonds is 3. The maximum atomic E-state index is 13.1. The summed E-state index contributed by atoms with van der Waals surface area (Å²) >= 11 is 0. The van der Waals surface area contributed by atoms with Crippen molar-refractivity contribution < 1.29 is 31.6 Å². The molecular formula is C16H18F3O4P. The van der Waals surface area contributed by atoms with E-state index in [1.807, 2.05) is 13.8 Å². The minimum absolute atomic E-state index is 0.0792. The van der Waals surface area contributed by atoms with Crippen molar-refractivity contribution in [1.29, 1.82) is 0 Å². The van der Waals surface area contributed by atoms with Gasteiger partial charge in [0.1, 0.15) is 5.31 Å². The second-order valence-electron chi connectivity index (χ2n) is 6.38. The normalized spacial score (nSPS) is 20.7. The summed E-state index contributed by atoms with van der Waals surface area (Å²) in [5, 5.41) is -0.380. The van der Waals surface area contributed by atoms with Crippen LogP contribution in [0.2, 0.25) is 0 Å². The van der Waals surface area contributed by atoms with Gasteiger partial charge in [-0.15, -0.1) is 0 Å². The predicted octanol–water partition coefficient (Wildman–Crippen LogP) is 4.90. The molecule has 132 valence electrons. The molecule has 1 aromatic carbocycles. The first-order chi connectivity index (χ1) is 10.9. The molecule has 24 heavy (non-hydrogen) atoms. The first kappa shape index (κ1) is 18.9. The highest BCUT2D eigenvalue weighted by molar-refractivity contribution is 7.60. The Balaban J connectivity index is 2.49. The maximum Gasteiger partial charge on any atom is 0.416 e. The fourth-order valence-electron chi connectivity index (χ4n) is 2.14. The summed E-state index contributed by atoms with van der Waals surface area (Å²) in [7, 11) is -3.95. The topological polar surface area (TPSA) is 52.6 Å². The van der Waals surface area contributed by atoms with Crippen LogP contribution in [0.3, 0.4) is 0 Å². The summed E-state index contributed by atoms with van der Waals surface area (Å²) < 4.78 is 62.6. The summed E-state index contributed by atoms with van der Waals surface area (Å²) in [5.74, 6) is -0.657. The van der Waals surface area contributed by atoms with Crippen LogP contribution in [0.25, 0.3) is 6.08 Å². The molecule has 8 heteroatoms. The molecule has 0 spiro atoms. The fourth-order valence-corrected chi connectivity index (χ4v) is 4.21. The van der Waals surface area contributed by atoms with Crippen molar-refractivity contribution in [2.24, 2.45) is 5.41 Å². The molecule has 0 bridgehead atoms. The lowest BCUT2D eigenvalue weighted by Crippen LogP contribution is -2.30. The zero-order valence-electron chi connectivity index (χ0n) is 13.5. The molecule has 0 unspecified atom stereocenters. The molecular weight excluding hydrogens is 344 g/mol. The monoisotopic (exact) mass is 362 g/mol. The van der Waals surface area contributed by atoms with E-state index in [0.29, 0.717) is 0 Å². The molecule has 1 aliphatic rings. The summed E-state index contributed by atoms with van der Waals surface area (Å²) in [5.41, 5.74) is -1.57. The number of allylic oxidation sites excluding steroid dienone is 1. The molecule has 0 aliphatic carbocycles. The molecule has 0 N–H and O–H groups in total. The summed E-state index contributed by atoms with van der Waals surface area (Å²) in [6.45, 7) is 4.93. The highest BCUT2D eigenvalue weighted by atomic mass is 31.2. The van der Waals surface area contributed by atoms with Crippen LogP contribution in [0.4, 0.5) is 13.2 Å². The standard InChI is InChI=1S/C16H18F3O4P/c1-11(20)14(24(21)22-9-15(2,3)10-23-24)8-12-6-4-5-7-13(12)16(17,18)19/h4-8H,9-10H2,1-3H3. The second kappa shape index (κ2) is 6.47. The Morgan fingerprint density at radius 3 is 2.25 bits per heavy atom. The number of Topliss-reactive ketones (excluding diaryl/α,β-unsaturated/α-hetero) is 1. The number of hydrogen-bond donors (Lipinski definition) is 0. The van der Waals surface area contributed by atoms with Gasteiger partial charge in [0.05, 0.1) is 18.8 Å². The lowest BCUT2D eigenvalue weighted by atomic mass is 9.97. The third kappa shape index (κ3) is 4.15. The lowest BCUT2D eigenvalue weighted by molar-refractivity contribution is -0.137. The number of carbonyl (C=O) groups is 1. The zero-order valence-corrected chi connectivity index (χ0v) is 14.4. The first-order valence-corrected chi connectivity index (χ1v) is 8.77. The third-order valence-electron chi connectivity index (χ3n) is 3.46. The van der Waals surface area contributed by atoms with Crippen molar-refractivity contribution in [2.75, 3.05) is 13.2 Å². The minimum Gasteiger partial charge on any atom is -0.304 e. The SMILES string of the molecule is CC(=O)C(=Cc1ccccc1C(F)(F)F)P1(=O)OCC(C)(C)CO1. The van der Waals surface area contributed by atoms with Gasteiger partial charge in [-0.1, -0.05) is 32.0 Å². The van der Waals surface area contributed by atoms with Crippen LogP contribution in [0.15, 0.2) is 29.6 Å². The van der Waals surface area contributed by atoms with Gasteiger partial charge in [0.25, 0.3) is 0 Å². The minimum atomic E-state index is -4.60. The van der Waals surface area contributed by atoms with E-state index in [4.69, 9.17) is 9.05 Å². The van der Waals surface area contributed by atoms with Crippen LogP contribution in [-0.4, -0.2) is 19.0 Å². The van der Waals surface area contributed by atoms with Gasteiger partial charge >= 0.3 is 13.8 Å². The van der Waals surface area contributed by atoms with Crippen LogP contribution >= 0.6 is 7.60 Å². The van der Waals surface area contributed by atoms with Crippen molar-refractivity contribution in [3.63, 3.8) is 0 Å². The number of ketones is 1. The maximum absolute atomic E-state index is 13.1. The van der Waals surface area contributed by atoms with E-state index in [-0.39, 0.29) is 29.5 Å². The van der Waals surface area contributed by atoms with E-state index >= 15 is 0 Å². The molecule has 1 aliphatic heterocycles. The molecule has 0 amide bonds. The smallest absolute Gasteiger partial charge is 0.304 e. The lowest BCUT2D eigenvalue weighted by Gasteiger charge is -2.34. The van der Waals surface area contributed by atoms with Gasteiger partial charge in [0.2, 0.25) is 0 Å². The molecule has 1 aromatic rings. The Labute approximate surface area is 138 Å². The number of carbonyl (C=O) groups excluding carboxylic acids is 1. The van der Waals surface area contributed by atoms with Crippen LogP contribution < -0.4 is 0 Å². The van der Waals surface area contributed by atoms with E-state index in [9.17, 15) is 22.5 Å². The van der Waals surface area contributed by atoms with E-state index < -0.39 is 25.1 Å². The Hall–Kier alpha value is -1.43. The Bertz CT molecular complexity index is 708. The zero-order chi connectivity index (χ0) is 18.2. The van der Waals surface area contributed by atoms with Gasteiger partial charge in [-0.25, -0.2) is 0 Å². The Morgan fingerprint density at radius 2 is 1.75 bits per heavy atom. The van der Waals surface area contributed by atoms with Crippen molar-refractivity contribution in [3.8, 4) is 0 Å². The van der Waals surface area contributed by atoms with Crippen molar-refractivity contribution in [2.45, 2.75) is 26.9 Å². The van der Waals surface area contributed by atoms with Gasteiger partial charge in [-0.2, -0.15) is 13.2 Å². The summed E-state index contributed by atoms with van der Waals surface area (Å²) in [6.07, 6.45) is -3.65. The van der Waals surface area contributed by atoms with Gasteiger partial charge in [0, 0.05) is 5.41 Å². The van der Waals surface area contributed by atoms with Gasteiger partial charge in [-0.05, 0) is 24.6 Å². The molecule has 1 fully saturated rings. The average Bonchev–Trinajstić information content (AvgIpc) is 2.47. The number of benzene rings is 1. The number of hydrogen-bond acceptors (Lipinski definition) is 4. The average molecular weight is 362 g/mol. The molecule has 0 radical (unpaired) electrons. The molecule has 4 nitrogen and oxygen atoms in total. The van der Waals surface area contributed by atoms with Crippen molar-refractivity contribution in [3.05, 3.63) is 40.7 Å². The molecule has 0 atom stereocenters. The quantitative estimate of drug-likeness (QED) is 0.567. The third-order valence-corrected chi connectivity index (χ3v) is 5.44. The molecule has 1 heterocycles. The van der Waals surface area contributed by atoms with E-state index in [1.165, 1.54) is 18.2 Å². The van der Waals surface area contributed by atoms with E-state index in [1.54, 1.807) is 0 Å². The second-order valence-corrected chi connectivity index (χ2v) is 8.37.